The second-order valence-electron chi connectivity index (χ2n) is 9.14. The number of amides is 1. The van der Waals surface area contributed by atoms with Crippen molar-refractivity contribution in [1.29, 1.82) is 0 Å². The van der Waals surface area contributed by atoms with Gasteiger partial charge in [-0.05, 0) is 50.8 Å². The zero-order chi connectivity index (χ0) is 23.6. The van der Waals surface area contributed by atoms with Crippen molar-refractivity contribution in [3.63, 3.8) is 0 Å². The van der Waals surface area contributed by atoms with Gasteiger partial charge in [-0.3, -0.25) is 14.7 Å². The minimum atomic E-state index is -4.47. The maximum Gasteiger partial charge on any atom is 0.416 e. The van der Waals surface area contributed by atoms with E-state index in [0.717, 1.165) is 55.8 Å². The van der Waals surface area contributed by atoms with Crippen LogP contribution in [0.15, 0.2) is 36.0 Å². The first kappa shape index (κ1) is 24.1. The molecule has 1 amide bonds. The number of hydrogen-bond donors (Lipinski definition) is 3. The van der Waals surface area contributed by atoms with Crippen molar-refractivity contribution in [1.82, 2.24) is 20.5 Å². The minimum Gasteiger partial charge on any atom is -0.384 e. The Morgan fingerprint density at radius 1 is 1.33 bits per heavy atom. The molecule has 1 saturated heterocycles. The zero-order valence-corrected chi connectivity index (χ0v) is 19.3. The number of carbonyl (C=O) groups excluding carboxylic acids is 1. The van der Waals surface area contributed by atoms with Gasteiger partial charge < -0.3 is 15.7 Å². The van der Waals surface area contributed by atoms with E-state index in [1.54, 1.807) is 11.7 Å². The Morgan fingerprint density at radius 2 is 2.06 bits per heavy atom. The summed E-state index contributed by atoms with van der Waals surface area (Å²) in [5.41, 5.74) is 0.187. The van der Waals surface area contributed by atoms with E-state index in [9.17, 15) is 23.1 Å². The number of thiazole rings is 1. The third-order valence-corrected chi connectivity index (χ3v) is 7.61. The lowest BCUT2D eigenvalue weighted by molar-refractivity contribution is -0.137. The number of rotatable bonds is 7. The Labute approximate surface area is 195 Å². The van der Waals surface area contributed by atoms with Gasteiger partial charge in [0.15, 0.2) is 0 Å². The number of carbonyl (C=O) groups is 1. The molecule has 180 valence electrons. The largest absolute Gasteiger partial charge is 0.416 e. The van der Waals surface area contributed by atoms with Gasteiger partial charge >= 0.3 is 6.18 Å². The molecule has 0 bridgehead atoms. The number of nitrogens with one attached hydrogen (secondary N) is 2. The lowest BCUT2D eigenvalue weighted by Gasteiger charge is -2.48. The highest BCUT2D eigenvalue weighted by Gasteiger charge is 2.40. The van der Waals surface area contributed by atoms with Gasteiger partial charge in [-0.1, -0.05) is 6.07 Å². The van der Waals surface area contributed by atoms with Crippen molar-refractivity contribution in [2.24, 2.45) is 0 Å². The van der Waals surface area contributed by atoms with Crippen LogP contribution in [0, 0.1) is 0 Å². The number of aromatic nitrogens is 1. The smallest absolute Gasteiger partial charge is 0.384 e. The molecule has 1 atom stereocenters. The van der Waals surface area contributed by atoms with E-state index in [4.69, 9.17) is 0 Å². The lowest BCUT2D eigenvalue weighted by atomic mass is 9.80. The average Bonchev–Trinajstić information content (AvgIpc) is 3.31. The molecule has 4 rings (SSSR count). The second-order valence-corrected chi connectivity index (χ2v) is 10.0. The van der Waals surface area contributed by atoms with Crippen LogP contribution in [0.3, 0.4) is 0 Å². The van der Waals surface area contributed by atoms with E-state index in [2.05, 4.69) is 20.5 Å². The Kier molecular flexibility index (Phi) is 7.09. The topological polar surface area (TPSA) is 77.5 Å². The van der Waals surface area contributed by atoms with Crippen LogP contribution in [0.25, 0.3) is 0 Å². The summed E-state index contributed by atoms with van der Waals surface area (Å²) in [5, 5.41) is 17.1. The van der Waals surface area contributed by atoms with Gasteiger partial charge in [-0.2, -0.15) is 13.2 Å². The zero-order valence-electron chi connectivity index (χ0n) is 18.4. The fourth-order valence-electron chi connectivity index (χ4n) is 4.70. The standard InChI is InChI=1S/C23H29F3N4O2S/c1-15(10-28-21(31)16-3-2-4-17(9-16)23(24,25)26)29-18-12-30(13-18)19-5-7-22(32,8-6-19)20-11-27-14-33-20/h2-4,9,11,14-15,18-19,29,32H,5-8,10,12-13H2,1H3,(H,28,31). The van der Waals surface area contributed by atoms with Gasteiger partial charge in [0.25, 0.3) is 5.91 Å². The molecule has 2 fully saturated rings. The van der Waals surface area contributed by atoms with Crippen LogP contribution < -0.4 is 10.6 Å². The number of alkyl halides is 3. The first-order chi connectivity index (χ1) is 15.6. The molecule has 2 heterocycles. The van der Waals surface area contributed by atoms with Gasteiger partial charge in [-0.25, -0.2) is 0 Å². The van der Waals surface area contributed by atoms with E-state index < -0.39 is 23.2 Å². The fraction of sp³-hybridized carbons (Fsp3) is 0.565. The molecule has 1 saturated carbocycles. The fourth-order valence-corrected chi connectivity index (χ4v) is 5.48. The van der Waals surface area contributed by atoms with Crippen molar-refractivity contribution in [2.75, 3.05) is 19.6 Å². The normalized spacial score (nSPS) is 25.4. The molecule has 6 nitrogen and oxygen atoms in total. The molecule has 1 aromatic heterocycles. The van der Waals surface area contributed by atoms with E-state index in [0.29, 0.717) is 18.6 Å². The summed E-state index contributed by atoms with van der Waals surface area (Å²) in [7, 11) is 0. The molecular weight excluding hydrogens is 453 g/mol. The van der Waals surface area contributed by atoms with Gasteiger partial charge in [0.2, 0.25) is 0 Å². The van der Waals surface area contributed by atoms with Crippen LogP contribution in [0.5, 0.6) is 0 Å². The number of likely N-dealkylation sites (tertiary alicyclic amines) is 1. The summed E-state index contributed by atoms with van der Waals surface area (Å²) in [4.78, 5) is 19.7. The molecule has 0 spiro atoms. The Hall–Kier alpha value is -2.01. The van der Waals surface area contributed by atoms with Crippen LogP contribution in [-0.4, -0.2) is 58.7 Å². The molecule has 1 aliphatic carbocycles. The van der Waals surface area contributed by atoms with Crippen molar-refractivity contribution in [2.45, 2.75) is 62.5 Å². The Bertz CT molecular complexity index is 939. The van der Waals surface area contributed by atoms with Gasteiger partial charge in [-0.15, -0.1) is 11.3 Å². The summed E-state index contributed by atoms with van der Waals surface area (Å²) in [6.07, 6.45) is 0.674. The van der Waals surface area contributed by atoms with Crippen LogP contribution in [0.2, 0.25) is 0 Å². The van der Waals surface area contributed by atoms with Crippen molar-refractivity contribution < 1.29 is 23.1 Å². The predicted molar refractivity (Wildman–Crippen MR) is 120 cm³/mol. The number of aliphatic hydroxyl groups is 1. The maximum absolute atomic E-state index is 12.8. The number of nitrogens with zero attached hydrogens (tertiary/aromatic N) is 2. The summed E-state index contributed by atoms with van der Waals surface area (Å²) in [5.74, 6) is -0.513. The SMILES string of the molecule is CC(CNC(=O)c1cccc(C(F)(F)F)c1)NC1CN(C2CCC(O)(c3cncs3)CC2)C1. The molecule has 1 aromatic carbocycles. The van der Waals surface area contributed by atoms with Crippen LogP contribution in [-0.2, 0) is 11.8 Å². The molecule has 0 radical (unpaired) electrons. The molecule has 3 N–H and O–H groups in total. The molecule has 2 aromatic rings. The van der Waals surface area contributed by atoms with Crippen molar-refractivity contribution in [3.8, 4) is 0 Å². The second kappa shape index (κ2) is 9.69. The lowest BCUT2D eigenvalue weighted by Crippen LogP contribution is -2.64. The number of hydrogen-bond acceptors (Lipinski definition) is 6. The molecule has 2 aliphatic rings. The van der Waals surface area contributed by atoms with Gasteiger partial charge in [0, 0.05) is 49.5 Å². The van der Waals surface area contributed by atoms with Crippen LogP contribution in [0.4, 0.5) is 13.2 Å². The third-order valence-electron chi connectivity index (χ3n) is 6.64. The number of halogens is 3. The summed E-state index contributed by atoms with van der Waals surface area (Å²) in [6, 6.07) is 5.22. The molecule has 10 heteroatoms. The molecular formula is C23H29F3N4O2S. The van der Waals surface area contributed by atoms with Crippen molar-refractivity contribution in [3.05, 3.63) is 52.0 Å². The van der Waals surface area contributed by atoms with Crippen LogP contribution >= 0.6 is 11.3 Å². The Balaban J connectivity index is 1.17. The van der Waals surface area contributed by atoms with E-state index >= 15 is 0 Å². The first-order valence-electron chi connectivity index (χ1n) is 11.2. The minimum absolute atomic E-state index is 0.00225. The van der Waals surface area contributed by atoms with E-state index in [1.807, 2.05) is 6.92 Å². The van der Waals surface area contributed by atoms with E-state index in [-0.39, 0.29) is 11.6 Å². The highest BCUT2D eigenvalue weighted by molar-refractivity contribution is 7.09. The van der Waals surface area contributed by atoms with Gasteiger partial charge in [0.1, 0.15) is 5.60 Å². The molecule has 1 unspecified atom stereocenters. The summed E-state index contributed by atoms with van der Waals surface area (Å²) < 4.78 is 38.5. The average molecular weight is 483 g/mol. The summed E-state index contributed by atoms with van der Waals surface area (Å²) >= 11 is 1.51. The summed E-state index contributed by atoms with van der Waals surface area (Å²) in [6.45, 7) is 4.10. The Morgan fingerprint density at radius 3 is 2.70 bits per heavy atom. The monoisotopic (exact) mass is 482 g/mol. The quantitative estimate of drug-likeness (QED) is 0.564. The number of benzene rings is 1. The highest BCUT2D eigenvalue weighted by Crippen LogP contribution is 2.40. The predicted octanol–water partition coefficient (Wildman–Crippen LogP) is 3.38. The first-order valence-corrected chi connectivity index (χ1v) is 12.1. The maximum atomic E-state index is 12.8. The highest BCUT2D eigenvalue weighted by atomic mass is 32.1. The van der Waals surface area contributed by atoms with Crippen molar-refractivity contribution >= 4 is 17.2 Å². The molecule has 1 aliphatic heterocycles. The third kappa shape index (κ3) is 5.74. The van der Waals surface area contributed by atoms with Gasteiger partial charge in [0.05, 0.1) is 16.0 Å². The van der Waals surface area contributed by atoms with Crippen LogP contribution in [0.1, 0.15) is 53.4 Å². The molecule has 33 heavy (non-hydrogen) atoms. The van der Waals surface area contributed by atoms with E-state index in [1.165, 1.54) is 23.5 Å².